The Morgan fingerprint density at radius 3 is 2.43 bits per heavy atom. The molecule has 0 aliphatic rings. The number of benzene rings is 2. The molecule has 0 saturated carbocycles. The molecule has 2 aromatic rings. The average molecular weight is 285 g/mol. The van der Waals surface area contributed by atoms with E-state index in [1.807, 2.05) is 49.4 Å². The number of phenolic OH excluding ortho intramolecular Hbond substituents is 1. The van der Waals surface area contributed by atoms with E-state index in [0.717, 1.165) is 11.1 Å². The van der Waals surface area contributed by atoms with Crippen molar-refractivity contribution < 1.29 is 14.6 Å². The predicted octanol–water partition coefficient (Wildman–Crippen LogP) is 3.25. The molecule has 0 spiro atoms. The van der Waals surface area contributed by atoms with Crippen molar-refractivity contribution in [3.63, 3.8) is 0 Å². The normalized spacial score (nSPS) is 11.7. The van der Waals surface area contributed by atoms with Gasteiger partial charge in [0.05, 0.1) is 0 Å². The topological polar surface area (TPSA) is 58.6 Å². The molecule has 1 atom stereocenters. The van der Waals surface area contributed by atoms with E-state index in [4.69, 9.17) is 4.74 Å². The lowest BCUT2D eigenvalue weighted by atomic mass is 10.1. The van der Waals surface area contributed by atoms with Crippen LogP contribution < -0.4 is 5.32 Å². The van der Waals surface area contributed by atoms with Crippen LogP contribution in [-0.4, -0.2) is 17.2 Å². The third kappa shape index (κ3) is 5.18. The first kappa shape index (κ1) is 14.9. The van der Waals surface area contributed by atoms with Gasteiger partial charge in [0.15, 0.2) is 0 Å². The summed E-state index contributed by atoms with van der Waals surface area (Å²) < 4.78 is 5.17. The molecular formula is C17H19NO3. The van der Waals surface area contributed by atoms with Gasteiger partial charge in [-0.25, -0.2) is 4.79 Å². The second-order valence-electron chi connectivity index (χ2n) is 4.98. The van der Waals surface area contributed by atoms with E-state index in [-0.39, 0.29) is 18.4 Å². The van der Waals surface area contributed by atoms with Crippen LogP contribution in [0.4, 0.5) is 4.79 Å². The van der Waals surface area contributed by atoms with Gasteiger partial charge in [0, 0.05) is 6.04 Å². The highest BCUT2D eigenvalue weighted by atomic mass is 16.5. The van der Waals surface area contributed by atoms with Gasteiger partial charge in [-0.15, -0.1) is 0 Å². The van der Waals surface area contributed by atoms with Crippen molar-refractivity contribution in [3.05, 3.63) is 65.7 Å². The zero-order valence-corrected chi connectivity index (χ0v) is 12.0. The maximum atomic E-state index is 11.7. The molecule has 2 N–H and O–H groups in total. The Balaban J connectivity index is 1.75. The maximum Gasteiger partial charge on any atom is 0.407 e. The van der Waals surface area contributed by atoms with E-state index in [1.165, 1.54) is 0 Å². The molecule has 0 heterocycles. The first-order valence-electron chi connectivity index (χ1n) is 6.88. The van der Waals surface area contributed by atoms with Gasteiger partial charge in [-0.1, -0.05) is 42.5 Å². The molecule has 0 aromatic heterocycles. The molecule has 4 heteroatoms. The summed E-state index contributed by atoms with van der Waals surface area (Å²) in [4.78, 5) is 11.7. The van der Waals surface area contributed by atoms with Gasteiger partial charge in [0.25, 0.3) is 0 Å². The first-order chi connectivity index (χ1) is 10.1. The van der Waals surface area contributed by atoms with Gasteiger partial charge in [0.1, 0.15) is 12.4 Å². The van der Waals surface area contributed by atoms with Crippen molar-refractivity contribution in [3.8, 4) is 5.75 Å². The van der Waals surface area contributed by atoms with Crippen molar-refractivity contribution in [1.29, 1.82) is 0 Å². The van der Waals surface area contributed by atoms with E-state index in [1.54, 1.807) is 12.1 Å². The number of ether oxygens (including phenoxy) is 1. The molecule has 1 unspecified atom stereocenters. The number of alkyl carbamates (subject to hydrolysis) is 1. The number of nitrogens with one attached hydrogen (secondary N) is 1. The third-order valence-corrected chi connectivity index (χ3v) is 3.06. The molecule has 1 amide bonds. The van der Waals surface area contributed by atoms with Crippen LogP contribution in [0.5, 0.6) is 5.75 Å². The first-order valence-corrected chi connectivity index (χ1v) is 6.88. The highest BCUT2D eigenvalue weighted by Crippen LogP contribution is 2.11. The molecule has 0 fully saturated rings. The van der Waals surface area contributed by atoms with Crippen LogP contribution in [0.15, 0.2) is 54.6 Å². The Labute approximate surface area is 124 Å². The van der Waals surface area contributed by atoms with E-state index in [2.05, 4.69) is 5.32 Å². The highest BCUT2D eigenvalue weighted by molar-refractivity contribution is 5.67. The van der Waals surface area contributed by atoms with Crippen molar-refractivity contribution in [2.45, 2.75) is 26.0 Å². The second kappa shape index (κ2) is 7.33. The molecule has 0 aliphatic carbocycles. The number of hydrogen-bond acceptors (Lipinski definition) is 3. The molecule has 0 radical (unpaired) electrons. The van der Waals surface area contributed by atoms with Gasteiger partial charge in [-0.05, 0) is 36.6 Å². The number of hydrogen-bond donors (Lipinski definition) is 2. The molecule has 2 rings (SSSR count). The lowest BCUT2D eigenvalue weighted by molar-refractivity contribution is 0.136. The number of rotatable bonds is 5. The third-order valence-electron chi connectivity index (χ3n) is 3.06. The van der Waals surface area contributed by atoms with Gasteiger partial charge in [-0.3, -0.25) is 0 Å². The fourth-order valence-corrected chi connectivity index (χ4v) is 2.00. The zero-order chi connectivity index (χ0) is 15.1. The molecule has 2 aromatic carbocycles. The lowest BCUT2D eigenvalue weighted by Crippen LogP contribution is -2.34. The largest absolute Gasteiger partial charge is 0.508 e. The summed E-state index contributed by atoms with van der Waals surface area (Å²) in [7, 11) is 0. The van der Waals surface area contributed by atoms with E-state index in [9.17, 15) is 9.90 Å². The van der Waals surface area contributed by atoms with E-state index >= 15 is 0 Å². The lowest BCUT2D eigenvalue weighted by Gasteiger charge is -2.14. The summed E-state index contributed by atoms with van der Waals surface area (Å²) in [5.74, 6) is 0.238. The maximum absolute atomic E-state index is 11.7. The van der Waals surface area contributed by atoms with Crippen LogP contribution in [0.3, 0.4) is 0 Å². The average Bonchev–Trinajstić information content (AvgIpc) is 2.48. The summed E-state index contributed by atoms with van der Waals surface area (Å²) in [6, 6.07) is 16.5. The van der Waals surface area contributed by atoms with Crippen LogP contribution in [-0.2, 0) is 17.8 Å². The van der Waals surface area contributed by atoms with Crippen molar-refractivity contribution in [2.24, 2.45) is 0 Å². The molecule has 0 bridgehead atoms. The van der Waals surface area contributed by atoms with Crippen LogP contribution in [0, 0.1) is 0 Å². The van der Waals surface area contributed by atoms with Crippen LogP contribution in [0.2, 0.25) is 0 Å². The van der Waals surface area contributed by atoms with Gasteiger partial charge in [0.2, 0.25) is 0 Å². The second-order valence-corrected chi connectivity index (χ2v) is 4.98. The summed E-state index contributed by atoms with van der Waals surface area (Å²) in [5.41, 5.74) is 2.00. The molecular weight excluding hydrogens is 266 g/mol. The Kier molecular flexibility index (Phi) is 5.21. The summed E-state index contributed by atoms with van der Waals surface area (Å²) >= 11 is 0. The van der Waals surface area contributed by atoms with Crippen molar-refractivity contribution in [2.75, 3.05) is 0 Å². The van der Waals surface area contributed by atoms with Crippen LogP contribution in [0.25, 0.3) is 0 Å². The van der Waals surface area contributed by atoms with Crippen LogP contribution >= 0.6 is 0 Å². The Morgan fingerprint density at radius 1 is 1.10 bits per heavy atom. The van der Waals surface area contributed by atoms with Crippen LogP contribution in [0.1, 0.15) is 18.1 Å². The quantitative estimate of drug-likeness (QED) is 0.886. The zero-order valence-electron chi connectivity index (χ0n) is 12.0. The Hall–Kier alpha value is -2.49. The number of amides is 1. The minimum absolute atomic E-state index is 0.0437. The fraction of sp³-hybridized carbons (Fsp3) is 0.235. The summed E-state index contributed by atoms with van der Waals surface area (Å²) in [6.45, 7) is 2.18. The minimum Gasteiger partial charge on any atom is -0.508 e. The molecule has 0 aliphatic heterocycles. The van der Waals surface area contributed by atoms with E-state index < -0.39 is 6.09 Å². The summed E-state index contributed by atoms with van der Waals surface area (Å²) in [6.07, 6.45) is 0.255. The SMILES string of the molecule is CC(Cc1ccc(O)cc1)NC(=O)OCc1ccccc1. The number of aromatic hydroxyl groups is 1. The number of carbonyl (C=O) groups is 1. The van der Waals surface area contributed by atoms with E-state index in [0.29, 0.717) is 6.42 Å². The van der Waals surface area contributed by atoms with Crippen molar-refractivity contribution >= 4 is 6.09 Å². The smallest absolute Gasteiger partial charge is 0.407 e. The highest BCUT2D eigenvalue weighted by Gasteiger charge is 2.09. The number of phenols is 1. The van der Waals surface area contributed by atoms with Gasteiger partial charge >= 0.3 is 6.09 Å². The summed E-state index contributed by atoms with van der Waals surface area (Å²) in [5, 5.41) is 12.0. The minimum atomic E-state index is -0.426. The molecule has 21 heavy (non-hydrogen) atoms. The standard InChI is InChI=1S/C17H19NO3/c1-13(11-14-7-9-16(19)10-8-14)18-17(20)21-12-15-5-3-2-4-6-15/h2-10,13,19H,11-12H2,1H3,(H,18,20). The fourth-order valence-electron chi connectivity index (χ4n) is 2.00. The van der Waals surface area contributed by atoms with Crippen molar-refractivity contribution in [1.82, 2.24) is 5.32 Å². The monoisotopic (exact) mass is 285 g/mol. The predicted molar refractivity (Wildman–Crippen MR) is 81.0 cm³/mol. The van der Waals surface area contributed by atoms with Gasteiger partial charge < -0.3 is 15.2 Å². The Bertz CT molecular complexity index is 566. The number of carbonyl (C=O) groups excluding carboxylic acids is 1. The molecule has 0 saturated heterocycles. The molecule has 4 nitrogen and oxygen atoms in total. The molecule has 110 valence electrons. The van der Waals surface area contributed by atoms with Gasteiger partial charge in [-0.2, -0.15) is 0 Å². The Morgan fingerprint density at radius 2 is 1.76 bits per heavy atom.